The second-order valence-electron chi connectivity index (χ2n) is 5.09. The summed E-state index contributed by atoms with van der Waals surface area (Å²) < 4.78 is 5.25. The summed E-state index contributed by atoms with van der Waals surface area (Å²) in [7, 11) is 1.90. The molecule has 0 atom stereocenters. The van der Waals surface area contributed by atoms with E-state index in [0.29, 0.717) is 44.0 Å². The Morgan fingerprint density at radius 3 is 2.84 bits per heavy atom. The van der Waals surface area contributed by atoms with E-state index < -0.39 is 11.6 Å². The van der Waals surface area contributed by atoms with Crippen LogP contribution in [0.2, 0.25) is 0 Å². The summed E-state index contributed by atoms with van der Waals surface area (Å²) in [5, 5.41) is 21.3. The topological polar surface area (TPSA) is 70.0 Å². The molecule has 1 aromatic heterocycles. The summed E-state index contributed by atoms with van der Waals surface area (Å²) in [6.07, 6.45) is 1.26. The van der Waals surface area contributed by atoms with Gasteiger partial charge in [-0.1, -0.05) is 0 Å². The number of ether oxygens (including phenoxy) is 1. The van der Waals surface area contributed by atoms with E-state index in [0.717, 1.165) is 5.56 Å². The molecule has 0 amide bonds. The fourth-order valence-corrected chi connectivity index (χ4v) is 3.16. The molecule has 0 spiro atoms. The summed E-state index contributed by atoms with van der Waals surface area (Å²) in [6, 6.07) is 1.83. The minimum atomic E-state index is -0.886. The summed E-state index contributed by atoms with van der Waals surface area (Å²) in [4.78, 5) is 13.4. The van der Waals surface area contributed by atoms with Crippen molar-refractivity contribution in [2.45, 2.75) is 25.0 Å². The second kappa shape index (κ2) is 6.00. The molecule has 106 valence electrons. The quantitative estimate of drug-likeness (QED) is 0.856. The molecule has 0 radical (unpaired) electrons. The lowest BCUT2D eigenvalue weighted by Gasteiger charge is -2.35. The van der Waals surface area contributed by atoms with Crippen LogP contribution in [0.5, 0.6) is 0 Å². The third kappa shape index (κ3) is 3.76. The molecule has 0 unspecified atom stereocenters. The van der Waals surface area contributed by atoms with E-state index in [1.807, 2.05) is 18.0 Å². The van der Waals surface area contributed by atoms with Gasteiger partial charge in [0.2, 0.25) is 0 Å². The number of carboxylic acids is 1. The maximum absolute atomic E-state index is 11.0. The van der Waals surface area contributed by atoms with Gasteiger partial charge < -0.3 is 14.9 Å². The number of aliphatic hydroxyl groups is 1. The monoisotopic (exact) mass is 285 g/mol. The van der Waals surface area contributed by atoms with Gasteiger partial charge in [0.05, 0.1) is 5.60 Å². The first-order chi connectivity index (χ1) is 9.00. The molecule has 1 aromatic rings. The van der Waals surface area contributed by atoms with Crippen molar-refractivity contribution < 1.29 is 19.7 Å². The number of carbonyl (C=O) groups is 1. The van der Waals surface area contributed by atoms with Crippen molar-refractivity contribution in [3.8, 4) is 0 Å². The first-order valence-corrected chi connectivity index (χ1v) is 7.16. The first-order valence-electron chi connectivity index (χ1n) is 6.28. The van der Waals surface area contributed by atoms with Gasteiger partial charge in [-0.05, 0) is 24.1 Å². The predicted octanol–water partition coefficient (Wildman–Crippen LogP) is 1.42. The highest BCUT2D eigenvalue weighted by Crippen LogP contribution is 2.23. The highest BCUT2D eigenvalue weighted by Gasteiger charge is 2.31. The smallest absolute Gasteiger partial charge is 0.346 e. The number of carboxylic acid groups (broad SMARTS) is 1. The number of likely N-dealkylation sites (N-methyl/N-ethyl adjacent to an activating group) is 1. The number of aromatic carboxylic acids is 1. The fraction of sp³-hybridized carbons (Fsp3) is 0.615. The summed E-state index contributed by atoms with van der Waals surface area (Å²) in [6.45, 7) is 2.24. The van der Waals surface area contributed by atoms with Crippen molar-refractivity contribution in [3.63, 3.8) is 0 Å². The van der Waals surface area contributed by atoms with Crippen LogP contribution in [0.1, 0.15) is 28.1 Å². The molecular weight excluding hydrogens is 266 g/mol. The summed E-state index contributed by atoms with van der Waals surface area (Å²) in [5.41, 5.74) is 0.0857. The third-order valence-corrected chi connectivity index (χ3v) is 4.31. The highest BCUT2D eigenvalue weighted by molar-refractivity contribution is 7.12. The van der Waals surface area contributed by atoms with E-state index in [-0.39, 0.29) is 0 Å². The van der Waals surface area contributed by atoms with Gasteiger partial charge >= 0.3 is 5.97 Å². The fourth-order valence-electron chi connectivity index (χ4n) is 2.41. The van der Waals surface area contributed by atoms with E-state index in [4.69, 9.17) is 9.84 Å². The van der Waals surface area contributed by atoms with Crippen LogP contribution >= 0.6 is 11.3 Å². The van der Waals surface area contributed by atoms with Crippen molar-refractivity contribution >= 4 is 17.3 Å². The van der Waals surface area contributed by atoms with Gasteiger partial charge in [0.15, 0.2) is 0 Å². The Kier molecular flexibility index (Phi) is 4.57. The van der Waals surface area contributed by atoms with Crippen LogP contribution < -0.4 is 0 Å². The van der Waals surface area contributed by atoms with E-state index in [2.05, 4.69) is 0 Å². The molecule has 1 fully saturated rings. The number of nitrogens with zero attached hydrogens (tertiary/aromatic N) is 1. The molecule has 19 heavy (non-hydrogen) atoms. The zero-order chi connectivity index (χ0) is 13.9. The highest BCUT2D eigenvalue weighted by atomic mass is 32.1. The normalized spacial score (nSPS) is 18.7. The van der Waals surface area contributed by atoms with Gasteiger partial charge in [0, 0.05) is 39.1 Å². The van der Waals surface area contributed by atoms with Gasteiger partial charge in [0.1, 0.15) is 4.88 Å². The van der Waals surface area contributed by atoms with Crippen molar-refractivity contribution in [2.24, 2.45) is 0 Å². The molecule has 2 rings (SSSR count). The Morgan fingerprint density at radius 2 is 2.21 bits per heavy atom. The molecule has 0 bridgehead atoms. The first kappa shape index (κ1) is 14.5. The minimum Gasteiger partial charge on any atom is -0.477 e. The van der Waals surface area contributed by atoms with Gasteiger partial charge in [-0.2, -0.15) is 0 Å². The summed E-state index contributed by atoms with van der Waals surface area (Å²) >= 11 is 1.24. The average molecular weight is 285 g/mol. The zero-order valence-electron chi connectivity index (χ0n) is 11.0. The van der Waals surface area contributed by atoms with Crippen LogP contribution in [0.15, 0.2) is 11.4 Å². The van der Waals surface area contributed by atoms with Crippen molar-refractivity contribution in [2.75, 3.05) is 26.8 Å². The van der Waals surface area contributed by atoms with Gasteiger partial charge in [-0.15, -0.1) is 11.3 Å². The van der Waals surface area contributed by atoms with E-state index >= 15 is 0 Å². The Morgan fingerprint density at radius 1 is 1.53 bits per heavy atom. The number of thiophene rings is 1. The molecule has 1 aliphatic rings. The summed E-state index contributed by atoms with van der Waals surface area (Å²) in [5.74, 6) is -0.886. The molecular formula is C13H19NO4S. The molecule has 0 aromatic carbocycles. The zero-order valence-corrected chi connectivity index (χ0v) is 11.8. The third-order valence-electron chi connectivity index (χ3n) is 3.37. The van der Waals surface area contributed by atoms with Crippen molar-refractivity contribution in [1.29, 1.82) is 0 Å². The second-order valence-corrected chi connectivity index (χ2v) is 6.01. The predicted molar refractivity (Wildman–Crippen MR) is 72.6 cm³/mol. The Bertz CT molecular complexity index is 440. The molecule has 2 N–H and O–H groups in total. The number of rotatable bonds is 5. The van der Waals surface area contributed by atoms with Crippen molar-refractivity contribution in [1.82, 2.24) is 4.90 Å². The minimum absolute atomic E-state index is 0.380. The van der Waals surface area contributed by atoms with Crippen LogP contribution in [-0.2, 0) is 11.3 Å². The van der Waals surface area contributed by atoms with Crippen LogP contribution in [-0.4, -0.2) is 53.5 Å². The van der Waals surface area contributed by atoms with Crippen LogP contribution in [0.4, 0.5) is 0 Å². The Labute approximate surface area is 116 Å². The molecule has 5 nitrogen and oxygen atoms in total. The van der Waals surface area contributed by atoms with Crippen molar-refractivity contribution in [3.05, 3.63) is 21.9 Å². The molecule has 2 heterocycles. The van der Waals surface area contributed by atoms with Gasteiger partial charge in [0.25, 0.3) is 0 Å². The van der Waals surface area contributed by atoms with Crippen LogP contribution in [0.25, 0.3) is 0 Å². The molecule has 1 saturated heterocycles. The average Bonchev–Trinajstić information content (AvgIpc) is 2.77. The maximum atomic E-state index is 11.0. The van der Waals surface area contributed by atoms with E-state index in [1.54, 1.807) is 5.38 Å². The largest absolute Gasteiger partial charge is 0.477 e. The number of hydrogen-bond donors (Lipinski definition) is 2. The van der Waals surface area contributed by atoms with E-state index in [9.17, 15) is 9.90 Å². The lowest BCUT2D eigenvalue weighted by Crippen LogP contribution is -2.45. The lowest BCUT2D eigenvalue weighted by molar-refractivity contribution is -0.0777. The maximum Gasteiger partial charge on any atom is 0.346 e. The number of hydrogen-bond acceptors (Lipinski definition) is 5. The molecule has 1 aliphatic heterocycles. The van der Waals surface area contributed by atoms with Crippen LogP contribution in [0.3, 0.4) is 0 Å². The SMILES string of the molecule is CN(Cc1ccsc1C(=O)O)CC1(O)CCOCC1. The molecule has 0 aliphatic carbocycles. The molecule has 0 saturated carbocycles. The van der Waals surface area contributed by atoms with Crippen LogP contribution in [0, 0.1) is 0 Å². The van der Waals surface area contributed by atoms with E-state index in [1.165, 1.54) is 11.3 Å². The lowest BCUT2D eigenvalue weighted by atomic mass is 9.94. The standard InChI is InChI=1S/C13H19NO4S/c1-14(9-13(17)3-5-18-6-4-13)8-10-2-7-19-11(10)12(15)16/h2,7,17H,3-6,8-9H2,1H3,(H,15,16). The Balaban J connectivity index is 1.95. The van der Waals surface area contributed by atoms with Gasteiger partial charge in [-0.25, -0.2) is 4.79 Å². The Hall–Kier alpha value is -0.950. The van der Waals surface area contributed by atoms with Gasteiger partial charge in [-0.3, -0.25) is 4.90 Å². The molecule has 6 heteroatoms.